The third kappa shape index (κ3) is 4.34. The lowest BCUT2D eigenvalue weighted by Crippen LogP contribution is -2.27. The van der Waals surface area contributed by atoms with Gasteiger partial charge in [0.2, 0.25) is 0 Å². The molecule has 2 aromatic rings. The monoisotopic (exact) mass is 338 g/mol. The fraction of sp³-hybridized carbons (Fsp3) is 0.412. The molecule has 0 radical (unpaired) electrons. The minimum atomic E-state index is -0.667. The lowest BCUT2D eigenvalue weighted by molar-refractivity contribution is 0.0942. The molecule has 0 bridgehead atoms. The summed E-state index contributed by atoms with van der Waals surface area (Å²) in [6, 6.07) is 2.79. The molecule has 0 saturated heterocycles. The highest BCUT2D eigenvalue weighted by molar-refractivity contribution is 7.13. The van der Waals surface area contributed by atoms with E-state index in [4.69, 9.17) is 0 Å². The fourth-order valence-electron chi connectivity index (χ4n) is 2.29. The molecular weight excluding hydrogens is 318 g/mol. The van der Waals surface area contributed by atoms with Gasteiger partial charge in [-0.15, -0.1) is 11.3 Å². The average Bonchev–Trinajstić information content (AvgIpc) is 2.78. The maximum Gasteiger partial charge on any atom is 0.263 e. The predicted octanol–water partition coefficient (Wildman–Crippen LogP) is 4.42. The first-order valence-corrected chi connectivity index (χ1v) is 8.31. The van der Waals surface area contributed by atoms with Gasteiger partial charge in [0.15, 0.2) is 0 Å². The van der Waals surface area contributed by atoms with Crippen LogP contribution in [-0.2, 0) is 6.42 Å². The molecule has 6 heteroatoms. The predicted molar refractivity (Wildman–Crippen MR) is 87.6 cm³/mol. The molecule has 0 spiro atoms. The molecule has 2 rings (SSSR count). The van der Waals surface area contributed by atoms with Gasteiger partial charge in [-0.25, -0.2) is 13.8 Å². The summed E-state index contributed by atoms with van der Waals surface area (Å²) in [6.45, 7) is 7.64. The van der Waals surface area contributed by atoms with Gasteiger partial charge >= 0.3 is 0 Å². The Morgan fingerprint density at radius 3 is 2.61 bits per heavy atom. The first-order chi connectivity index (χ1) is 10.8. The van der Waals surface area contributed by atoms with Crippen molar-refractivity contribution in [3.8, 4) is 0 Å². The molecule has 0 aliphatic heterocycles. The van der Waals surface area contributed by atoms with Gasteiger partial charge in [-0.1, -0.05) is 19.9 Å². The maximum absolute atomic E-state index is 13.8. The minimum Gasteiger partial charge on any atom is -0.345 e. The van der Waals surface area contributed by atoms with Crippen molar-refractivity contribution in [3.05, 3.63) is 51.0 Å². The number of benzene rings is 1. The number of nitrogens with one attached hydrogen (secondary N) is 1. The van der Waals surface area contributed by atoms with Crippen LogP contribution in [0.1, 0.15) is 52.7 Å². The molecule has 0 aliphatic rings. The van der Waals surface area contributed by atoms with Crippen molar-refractivity contribution in [3.63, 3.8) is 0 Å². The largest absolute Gasteiger partial charge is 0.345 e. The lowest BCUT2D eigenvalue weighted by atomic mass is 10.1. The van der Waals surface area contributed by atoms with Crippen LogP contribution in [0.5, 0.6) is 0 Å². The molecule has 1 unspecified atom stereocenters. The molecule has 1 heterocycles. The molecule has 3 nitrogen and oxygen atoms in total. The van der Waals surface area contributed by atoms with Crippen molar-refractivity contribution in [2.24, 2.45) is 5.92 Å². The summed E-state index contributed by atoms with van der Waals surface area (Å²) in [5.74, 6) is -1.13. The van der Waals surface area contributed by atoms with Crippen molar-refractivity contribution in [2.75, 3.05) is 0 Å². The van der Waals surface area contributed by atoms with Gasteiger partial charge in [-0.3, -0.25) is 4.79 Å². The van der Waals surface area contributed by atoms with E-state index in [2.05, 4.69) is 24.1 Å². The van der Waals surface area contributed by atoms with E-state index in [0.29, 0.717) is 16.5 Å². The highest BCUT2D eigenvalue weighted by Crippen LogP contribution is 2.23. The molecule has 0 fully saturated rings. The van der Waals surface area contributed by atoms with Gasteiger partial charge in [-0.05, 0) is 25.8 Å². The zero-order chi connectivity index (χ0) is 17.1. The fourth-order valence-corrected chi connectivity index (χ4v) is 3.47. The molecule has 1 atom stereocenters. The van der Waals surface area contributed by atoms with Crippen molar-refractivity contribution >= 4 is 17.2 Å². The lowest BCUT2D eigenvalue weighted by Gasteiger charge is -2.14. The number of hydrogen-bond acceptors (Lipinski definition) is 3. The number of carbonyl (C=O) groups is 1. The first-order valence-electron chi connectivity index (χ1n) is 7.50. The van der Waals surface area contributed by atoms with E-state index < -0.39 is 17.7 Å². The second-order valence-corrected chi connectivity index (χ2v) is 7.06. The van der Waals surface area contributed by atoms with Gasteiger partial charge in [0.1, 0.15) is 16.5 Å². The van der Waals surface area contributed by atoms with Crippen LogP contribution in [-0.4, -0.2) is 10.9 Å². The molecule has 0 aliphatic carbocycles. The number of thiazole rings is 1. The number of carbonyl (C=O) groups excluding carboxylic acids is 1. The van der Waals surface area contributed by atoms with E-state index in [0.717, 1.165) is 17.5 Å². The molecule has 124 valence electrons. The molecular formula is C17H20F2N2OS. The third-order valence-electron chi connectivity index (χ3n) is 3.41. The summed E-state index contributed by atoms with van der Waals surface area (Å²) < 4.78 is 26.7. The summed E-state index contributed by atoms with van der Waals surface area (Å²) in [4.78, 5) is 17.3. The van der Waals surface area contributed by atoms with Crippen LogP contribution < -0.4 is 5.32 Å². The third-order valence-corrected chi connectivity index (χ3v) is 4.59. The van der Waals surface area contributed by atoms with Crippen LogP contribution in [0.2, 0.25) is 0 Å². The molecule has 1 N–H and O–H groups in total. The maximum atomic E-state index is 13.8. The average molecular weight is 338 g/mol. The topological polar surface area (TPSA) is 42.0 Å². The van der Waals surface area contributed by atoms with E-state index >= 15 is 0 Å². The molecule has 1 aromatic heterocycles. The quantitative estimate of drug-likeness (QED) is 0.877. The van der Waals surface area contributed by atoms with Crippen LogP contribution in [0.15, 0.2) is 18.2 Å². The Balaban J connectivity index is 2.13. The Morgan fingerprint density at radius 1 is 1.30 bits per heavy atom. The van der Waals surface area contributed by atoms with Crippen LogP contribution in [0.4, 0.5) is 8.78 Å². The number of halogens is 2. The summed E-state index contributed by atoms with van der Waals surface area (Å²) in [6.07, 6.45) is 0.820. The minimum absolute atomic E-state index is 0.254. The Labute approximate surface area is 138 Å². The number of nitrogens with zero attached hydrogens (tertiary/aromatic N) is 1. The van der Waals surface area contributed by atoms with Gasteiger partial charge in [0.05, 0.1) is 16.7 Å². The van der Waals surface area contributed by atoms with Crippen LogP contribution in [0.25, 0.3) is 0 Å². The Kier molecular flexibility index (Phi) is 5.46. The standard InChI is InChI=1S/C17H20F2N2OS/c1-9(2)7-15-20-11(4)16(23-15)17(22)21-10(3)13-6-5-12(18)8-14(13)19/h5-6,8-10H,7H2,1-4H3,(H,21,22). The van der Waals surface area contributed by atoms with E-state index in [-0.39, 0.29) is 11.5 Å². The Hall–Kier alpha value is -1.82. The Morgan fingerprint density at radius 2 is 2.00 bits per heavy atom. The highest BCUT2D eigenvalue weighted by atomic mass is 32.1. The Bertz CT molecular complexity index is 713. The van der Waals surface area contributed by atoms with Gasteiger partial charge in [0, 0.05) is 18.1 Å². The zero-order valence-corrected chi connectivity index (χ0v) is 14.4. The zero-order valence-electron chi connectivity index (χ0n) is 13.6. The van der Waals surface area contributed by atoms with Crippen LogP contribution in [0.3, 0.4) is 0 Å². The SMILES string of the molecule is Cc1nc(CC(C)C)sc1C(=O)NC(C)c1ccc(F)cc1F. The number of rotatable bonds is 5. The first kappa shape index (κ1) is 17.5. The summed E-state index contributed by atoms with van der Waals surface area (Å²) in [5, 5.41) is 3.67. The normalized spacial score (nSPS) is 12.5. The van der Waals surface area contributed by atoms with Crippen molar-refractivity contribution in [1.82, 2.24) is 10.3 Å². The van der Waals surface area contributed by atoms with E-state index in [1.54, 1.807) is 13.8 Å². The van der Waals surface area contributed by atoms with Crippen molar-refractivity contribution in [2.45, 2.75) is 40.2 Å². The number of hydrogen-bond donors (Lipinski definition) is 1. The summed E-state index contributed by atoms with van der Waals surface area (Å²) >= 11 is 1.36. The molecule has 1 aromatic carbocycles. The van der Waals surface area contributed by atoms with Gasteiger partial charge < -0.3 is 5.32 Å². The second kappa shape index (κ2) is 7.17. The molecule has 23 heavy (non-hydrogen) atoms. The molecule has 1 amide bonds. The van der Waals surface area contributed by atoms with Gasteiger partial charge in [-0.2, -0.15) is 0 Å². The second-order valence-electron chi connectivity index (χ2n) is 5.98. The summed E-state index contributed by atoms with van der Waals surface area (Å²) in [5.41, 5.74) is 0.930. The van der Waals surface area contributed by atoms with Crippen LogP contribution >= 0.6 is 11.3 Å². The number of amides is 1. The van der Waals surface area contributed by atoms with Crippen molar-refractivity contribution in [1.29, 1.82) is 0 Å². The van der Waals surface area contributed by atoms with E-state index in [1.807, 2.05) is 0 Å². The summed E-state index contributed by atoms with van der Waals surface area (Å²) in [7, 11) is 0. The van der Waals surface area contributed by atoms with Crippen molar-refractivity contribution < 1.29 is 13.6 Å². The van der Waals surface area contributed by atoms with E-state index in [1.165, 1.54) is 23.5 Å². The van der Waals surface area contributed by atoms with Crippen LogP contribution in [0, 0.1) is 24.5 Å². The smallest absolute Gasteiger partial charge is 0.263 e. The molecule has 0 saturated carbocycles. The van der Waals surface area contributed by atoms with Gasteiger partial charge in [0.25, 0.3) is 5.91 Å². The number of aromatic nitrogens is 1. The number of aryl methyl sites for hydroxylation is 1. The van der Waals surface area contributed by atoms with E-state index in [9.17, 15) is 13.6 Å². The highest BCUT2D eigenvalue weighted by Gasteiger charge is 2.19.